The van der Waals surface area contributed by atoms with Crippen molar-refractivity contribution in [3.8, 4) is 11.5 Å². The van der Waals surface area contributed by atoms with Crippen molar-refractivity contribution in [2.24, 2.45) is 0 Å². The van der Waals surface area contributed by atoms with Gasteiger partial charge in [0.05, 0.1) is 0 Å². The molecule has 0 aliphatic heterocycles. The van der Waals surface area contributed by atoms with Crippen LogP contribution in [-0.4, -0.2) is 6.04 Å². The predicted molar refractivity (Wildman–Crippen MR) is 80.5 cm³/mol. The highest BCUT2D eigenvalue weighted by atomic mass is 79.9. The number of hydrogen-bond donors (Lipinski definition) is 1. The van der Waals surface area contributed by atoms with Crippen LogP contribution in [-0.2, 0) is 6.54 Å². The summed E-state index contributed by atoms with van der Waals surface area (Å²) in [6.07, 6.45) is 2.44. The zero-order valence-corrected chi connectivity index (χ0v) is 12.5. The molecule has 20 heavy (non-hydrogen) atoms. The van der Waals surface area contributed by atoms with Crippen molar-refractivity contribution in [2.75, 3.05) is 0 Å². The molecule has 1 N–H and O–H groups in total. The van der Waals surface area contributed by atoms with Crippen molar-refractivity contribution in [1.29, 1.82) is 0 Å². The number of nitrogens with one attached hydrogen (secondary N) is 1. The molecule has 0 spiro atoms. The lowest BCUT2D eigenvalue weighted by Crippen LogP contribution is -2.15. The fraction of sp³-hybridized carbons (Fsp3) is 0.250. The lowest BCUT2D eigenvalue weighted by Gasteiger charge is -2.09. The van der Waals surface area contributed by atoms with E-state index >= 15 is 0 Å². The van der Waals surface area contributed by atoms with Crippen LogP contribution in [0.25, 0.3) is 0 Å². The Labute approximate surface area is 126 Å². The average molecular weight is 336 g/mol. The summed E-state index contributed by atoms with van der Waals surface area (Å²) < 4.78 is 20.3. The van der Waals surface area contributed by atoms with Crippen molar-refractivity contribution in [3.63, 3.8) is 0 Å². The minimum atomic E-state index is -0.271. The number of benzene rings is 2. The Morgan fingerprint density at radius 3 is 2.55 bits per heavy atom. The smallest absolute Gasteiger partial charge is 0.130 e. The quantitative estimate of drug-likeness (QED) is 0.859. The summed E-state index contributed by atoms with van der Waals surface area (Å²) in [5.41, 5.74) is 0.906. The van der Waals surface area contributed by atoms with Gasteiger partial charge in [0.1, 0.15) is 17.3 Å². The first-order chi connectivity index (χ1) is 9.69. The van der Waals surface area contributed by atoms with Crippen LogP contribution < -0.4 is 10.1 Å². The highest BCUT2D eigenvalue weighted by molar-refractivity contribution is 9.10. The minimum absolute atomic E-state index is 0.271. The van der Waals surface area contributed by atoms with Crippen LogP contribution in [0.5, 0.6) is 11.5 Å². The monoisotopic (exact) mass is 335 g/mol. The van der Waals surface area contributed by atoms with Crippen molar-refractivity contribution >= 4 is 15.9 Å². The fourth-order valence-corrected chi connectivity index (χ4v) is 2.23. The summed E-state index contributed by atoms with van der Waals surface area (Å²) in [6.45, 7) is 0.680. The molecule has 104 valence electrons. The first-order valence-corrected chi connectivity index (χ1v) is 7.44. The van der Waals surface area contributed by atoms with Crippen molar-refractivity contribution in [2.45, 2.75) is 25.4 Å². The fourth-order valence-electron chi connectivity index (χ4n) is 1.97. The van der Waals surface area contributed by atoms with Crippen LogP contribution in [0.1, 0.15) is 18.4 Å². The van der Waals surface area contributed by atoms with Gasteiger partial charge >= 0.3 is 0 Å². The van der Waals surface area contributed by atoms with E-state index in [0.29, 0.717) is 24.1 Å². The normalized spacial score (nSPS) is 14.3. The molecule has 1 saturated carbocycles. The molecular formula is C16H15BrFNO. The van der Waals surface area contributed by atoms with Gasteiger partial charge in [-0.2, -0.15) is 0 Å². The Morgan fingerprint density at radius 1 is 1.10 bits per heavy atom. The molecule has 0 bridgehead atoms. The molecule has 0 atom stereocenters. The highest BCUT2D eigenvalue weighted by Gasteiger charge is 2.20. The minimum Gasteiger partial charge on any atom is -0.457 e. The highest BCUT2D eigenvalue weighted by Crippen LogP contribution is 2.26. The van der Waals surface area contributed by atoms with E-state index in [1.165, 1.54) is 18.9 Å². The van der Waals surface area contributed by atoms with Crippen LogP contribution in [0.4, 0.5) is 4.39 Å². The maximum Gasteiger partial charge on any atom is 0.130 e. The van der Waals surface area contributed by atoms with Crippen LogP contribution in [0, 0.1) is 5.82 Å². The SMILES string of the molecule is Fc1cc(CNC2CC2)cc(Oc2ccc(Br)cc2)c1. The van der Waals surface area contributed by atoms with Gasteiger partial charge in [0, 0.05) is 23.1 Å². The van der Waals surface area contributed by atoms with E-state index in [-0.39, 0.29) is 5.82 Å². The maximum atomic E-state index is 13.6. The molecule has 4 heteroatoms. The van der Waals surface area contributed by atoms with E-state index in [1.54, 1.807) is 6.07 Å². The van der Waals surface area contributed by atoms with Gasteiger partial charge in [0.2, 0.25) is 0 Å². The summed E-state index contributed by atoms with van der Waals surface area (Å²) in [7, 11) is 0. The van der Waals surface area contributed by atoms with Gasteiger partial charge in [-0.15, -0.1) is 0 Å². The van der Waals surface area contributed by atoms with Gasteiger partial charge in [-0.25, -0.2) is 4.39 Å². The number of halogens is 2. The Hall–Kier alpha value is -1.39. The molecule has 1 aliphatic carbocycles. The molecule has 0 heterocycles. The van der Waals surface area contributed by atoms with E-state index in [1.807, 2.05) is 30.3 Å². The second-order valence-corrected chi connectivity index (χ2v) is 5.92. The van der Waals surface area contributed by atoms with Crippen LogP contribution in [0.15, 0.2) is 46.9 Å². The van der Waals surface area contributed by atoms with Gasteiger partial charge in [-0.3, -0.25) is 0 Å². The Balaban J connectivity index is 1.72. The first-order valence-electron chi connectivity index (χ1n) is 6.65. The third-order valence-electron chi connectivity index (χ3n) is 3.15. The first kappa shape index (κ1) is 13.6. The van der Waals surface area contributed by atoms with E-state index < -0.39 is 0 Å². The van der Waals surface area contributed by atoms with E-state index in [4.69, 9.17) is 4.74 Å². The van der Waals surface area contributed by atoms with Gasteiger partial charge in [0.15, 0.2) is 0 Å². The Bertz CT molecular complexity index is 596. The molecule has 2 aromatic rings. The summed E-state index contributed by atoms with van der Waals surface area (Å²) in [5, 5.41) is 3.37. The second kappa shape index (κ2) is 5.94. The lowest BCUT2D eigenvalue weighted by atomic mass is 10.2. The molecule has 0 aromatic heterocycles. The largest absolute Gasteiger partial charge is 0.457 e. The molecule has 1 fully saturated rings. The number of hydrogen-bond acceptors (Lipinski definition) is 2. The number of rotatable bonds is 5. The molecule has 3 rings (SSSR count). The van der Waals surface area contributed by atoms with Crippen molar-refractivity contribution < 1.29 is 9.13 Å². The van der Waals surface area contributed by atoms with E-state index in [9.17, 15) is 4.39 Å². The van der Waals surface area contributed by atoms with Gasteiger partial charge in [0.25, 0.3) is 0 Å². The molecular weight excluding hydrogens is 321 g/mol. The summed E-state index contributed by atoms with van der Waals surface area (Å²) >= 11 is 3.37. The number of ether oxygens (including phenoxy) is 1. The predicted octanol–water partition coefficient (Wildman–Crippen LogP) is 4.63. The zero-order valence-electron chi connectivity index (χ0n) is 10.9. The van der Waals surface area contributed by atoms with E-state index in [0.717, 1.165) is 10.0 Å². The Kier molecular flexibility index (Phi) is 4.03. The third-order valence-corrected chi connectivity index (χ3v) is 3.68. The van der Waals surface area contributed by atoms with Crippen LogP contribution in [0.3, 0.4) is 0 Å². The van der Waals surface area contributed by atoms with Crippen LogP contribution >= 0.6 is 15.9 Å². The van der Waals surface area contributed by atoms with Gasteiger partial charge in [-0.05, 0) is 54.8 Å². The molecule has 0 amide bonds. The maximum absolute atomic E-state index is 13.6. The lowest BCUT2D eigenvalue weighted by molar-refractivity contribution is 0.475. The van der Waals surface area contributed by atoms with Crippen LogP contribution in [0.2, 0.25) is 0 Å². The van der Waals surface area contributed by atoms with Crippen molar-refractivity contribution in [3.05, 3.63) is 58.3 Å². The molecule has 1 aliphatic rings. The van der Waals surface area contributed by atoms with E-state index in [2.05, 4.69) is 21.2 Å². The summed E-state index contributed by atoms with van der Waals surface area (Å²) in [5.74, 6) is 0.951. The standard InChI is InChI=1S/C16H15BrFNO/c17-12-1-5-15(6-2-12)20-16-8-11(7-13(18)9-16)10-19-14-3-4-14/h1-2,5-9,14,19H,3-4,10H2. The Morgan fingerprint density at radius 2 is 1.85 bits per heavy atom. The molecule has 0 saturated heterocycles. The topological polar surface area (TPSA) is 21.3 Å². The third kappa shape index (κ3) is 3.81. The molecule has 2 aromatic carbocycles. The molecule has 0 radical (unpaired) electrons. The zero-order chi connectivity index (χ0) is 13.9. The molecule has 0 unspecified atom stereocenters. The molecule has 2 nitrogen and oxygen atoms in total. The van der Waals surface area contributed by atoms with Gasteiger partial charge in [-0.1, -0.05) is 15.9 Å². The summed E-state index contributed by atoms with van der Waals surface area (Å²) in [6, 6.07) is 12.9. The van der Waals surface area contributed by atoms with Crippen molar-refractivity contribution in [1.82, 2.24) is 5.32 Å². The summed E-state index contributed by atoms with van der Waals surface area (Å²) in [4.78, 5) is 0. The van der Waals surface area contributed by atoms with Gasteiger partial charge < -0.3 is 10.1 Å². The average Bonchev–Trinajstić information content (AvgIpc) is 3.23. The second-order valence-electron chi connectivity index (χ2n) is 5.01.